The number of rotatable bonds is 6. The lowest BCUT2D eigenvalue weighted by Gasteiger charge is -2.09. The molecule has 0 spiro atoms. The molecule has 1 N–H and O–H groups in total. The number of anilines is 2. The Hall–Kier alpha value is -2.30. The molecule has 114 valence electrons. The molecule has 2 aliphatic carbocycles. The summed E-state index contributed by atoms with van der Waals surface area (Å²) in [6.45, 7) is 0.805. The molecule has 2 saturated carbocycles. The molecular formula is C17H19N3O2. The zero-order chi connectivity index (χ0) is 14.9. The van der Waals surface area contributed by atoms with E-state index in [9.17, 15) is 4.79 Å². The lowest BCUT2D eigenvalue weighted by atomic mass is 10.3. The maximum absolute atomic E-state index is 12.3. The first-order chi connectivity index (χ1) is 10.8. The number of aromatic nitrogens is 2. The van der Waals surface area contributed by atoms with Gasteiger partial charge >= 0.3 is 0 Å². The number of benzene rings is 1. The van der Waals surface area contributed by atoms with Crippen LogP contribution in [0.25, 0.3) is 0 Å². The van der Waals surface area contributed by atoms with Crippen molar-refractivity contribution >= 4 is 11.5 Å². The van der Waals surface area contributed by atoms with Gasteiger partial charge in [0, 0.05) is 24.1 Å². The highest BCUT2D eigenvalue weighted by atomic mass is 16.5. The second kappa shape index (κ2) is 5.48. The van der Waals surface area contributed by atoms with E-state index in [1.807, 2.05) is 24.3 Å². The van der Waals surface area contributed by atoms with E-state index < -0.39 is 0 Å². The Balaban J connectivity index is 1.46. The van der Waals surface area contributed by atoms with E-state index in [0.717, 1.165) is 36.8 Å². The van der Waals surface area contributed by atoms with Crippen molar-refractivity contribution < 1.29 is 4.74 Å². The highest BCUT2D eigenvalue weighted by Gasteiger charge is 2.25. The van der Waals surface area contributed by atoms with Crippen LogP contribution in [0.4, 0.5) is 11.5 Å². The molecular weight excluding hydrogens is 278 g/mol. The Morgan fingerprint density at radius 2 is 1.95 bits per heavy atom. The molecule has 0 atom stereocenters. The van der Waals surface area contributed by atoms with Gasteiger partial charge in [-0.3, -0.25) is 4.79 Å². The summed E-state index contributed by atoms with van der Waals surface area (Å²) in [5, 5.41) is 3.10. The van der Waals surface area contributed by atoms with E-state index in [1.165, 1.54) is 12.8 Å². The van der Waals surface area contributed by atoms with Gasteiger partial charge in [0.15, 0.2) is 5.82 Å². The van der Waals surface area contributed by atoms with Crippen molar-refractivity contribution in [2.45, 2.75) is 31.7 Å². The predicted octanol–water partition coefficient (Wildman–Crippen LogP) is 3.11. The van der Waals surface area contributed by atoms with E-state index in [4.69, 9.17) is 4.74 Å². The third kappa shape index (κ3) is 2.98. The minimum absolute atomic E-state index is 0.0564. The fraction of sp³-hybridized carbons (Fsp3) is 0.412. The molecule has 0 saturated heterocycles. The number of nitrogens with one attached hydrogen (secondary N) is 1. The monoisotopic (exact) mass is 297 g/mol. The van der Waals surface area contributed by atoms with Crippen LogP contribution >= 0.6 is 0 Å². The van der Waals surface area contributed by atoms with Gasteiger partial charge in [-0.2, -0.15) is 0 Å². The lowest BCUT2D eigenvalue weighted by Crippen LogP contribution is -2.22. The van der Waals surface area contributed by atoms with E-state index in [1.54, 1.807) is 17.0 Å². The lowest BCUT2D eigenvalue weighted by molar-refractivity contribution is 0.300. The second-order valence-corrected chi connectivity index (χ2v) is 6.12. The van der Waals surface area contributed by atoms with Crippen molar-refractivity contribution in [1.82, 2.24) is 9.55 Å². The van der Waals surface area contributed by atoms with Crippen LogP contribution < -0.4 is 15.6 Å². The molecule has 1 aromatic carbocycles. The largest absolute Gasteiger partial charge is 0.493 e. The first kappa shape index (κ1) is 13.4. The second-order valence-electron chi connectivity index (χ2n) is 6.12. The van der Waals surface area contributed by atoms with E-state index in [-0.39, 0.29) is 5.56 Å². The predicted molar refractivity (Wildman–Crippen MR) is 84.7 cm³/mol. The summed E-state index contributed by atoms with van der Waals surface area (Å²) in [5.74, 6) is 1.99. The molecule has 2 aliphatic rings. The number of ether oxygens (including phenoxy) is 1. The van der Waals surface area contributed by atoms with Crippen LogP contribution in [-0.2, 0) is 0 Å². The van der Waals surface area contributed by atoms with Gasteiger partial charge in [-0.25, -0.2) is 4.98 Å². The Morgan fingerprint density at radius 1 is 1.18 bits per heavy atom. The Labute approximate surface area is 129 Å². The number of nitrogens with zero attached hydrogens (tertiary/aromatic N) is 2. The molecule has 5 heteroatoms. The molecule has 1 aromatic heterocycles. The smallest absolute Gasteiger partial charge is 0.293 e. The summed E-state index contributed by atoms with van der Waals surface area (Å²) in [6.07, 6.45) is 8.17. The molecule has 0 bridgehead atoms. The van der Waals surface area contributed by atoms with Crippen LogP contribution in [0.1, 0.15) is 31.7 Å². The topological polar surface area (TPSA) is 56.1 Å². The normalized spacial score (nSPS) is 17.3. The van der Waals surface area contributed by atoms with Crippen molar-refractivity contribution in [2.75, 3.05) is 11.9 Å². The number of hydrogen-bond donors (Lipinski definition) is 1. The van der Waals surface area contributed by atoms with Crippen LogP contribution in [0.3, 0.4) is 0 Å². The molecule has 0 unspecified atom stereocenters. The standard InChI is InChI=1S/C17H19N3O2/c21-17-16(18-9-10-20(17)14-5-6-14)19-13-3-7-15(8-4-13)22-11-12-1-2-12/h3-4,7-10,12,14H,1-2,5-6,11H2,(H,18,19). The molecule has 22 heavy (non-hydrogen) atoms. The third-order valence-electron chi connectivity index (χ3n) is 4.11. The van der Waals surface area contributed by atoms with Gasteiger partial charge in [0.1, 0.15) is 5.75 Å². The van der Waals surface area contributed by atoms with Crippen LogP contribution in [0.5, 0.6) is 5.75 Å². The summed E-state index contributed by atoms with van der Waals surface area (Å²) in [6, 6.07) is 8.03. The van der Waals surface area contributed by atoms with Gasteiger partial charge in [-0.1, -0.05) is 0 Å². The average Bonchev–Trinajstić information content (AvgIpc) is 3.42. The van der Waals surface area contributed by atoms with Crippen molar-refractivity contribution in [2.24, 2.45) is 5.92 Å². The minimum Gasteiger partial charge on any atom is -0.493 e. The van der Waals surface area contributed by atoms with E-state index in [0.29, 0.717) is 11.9 Å². The van der Waals surface area contributed by atoms with Gasteiger partial charge in [-0.05, 0) is 55.9 Å². The summed E-state index contributed by atoms with van der Waals surface area (Å²) in [7, 11) is 0. The maximum Gasteiger partial charge on any atom is 0.293 e. The van der Waals surface area contributed by atoms with Crippen LogP contribution in [-0.4, -0.2) is 16.2 Å². The molecule has 5 nitrogen and oxygen atoms in total. The van der Waals surface area contributed by atoms with Crippen molar-refractivity contribution in [3.8, 4) is 5.75 Å². The number of hydrogen-bond acceptors (Lipinski definition) is 4. The summed E-state index contributed by atoms with van der Waals surface area (Å²) >= 11 is 0. The quantitative estimate of drug-likeness (QED) is 0.890. The van der Waals surface area contributed by atoms with Gasteiger partial charge in [-0.15, -0.1) is 0 Å². The Bertz CT molecular complexity index is 715. The zero-order valence-corrected chi connectivity index (χ0v) is 12.4. The minimum atomic E-state index is -0.0564. The van der Waals surface area contributed by atoms with Crippen molar-refractivity contribution in [3.63, 3.8) is 0 Å². The zero-order valence-electron chi connectivity index (χ0n) is 12.4. The molecule has 0 radical (unpaired) electrons. The van der Waals surface area contributed by atoms with Gasteiger partial charge in [0.25, 0.3) is 5.56 Å². The Kier molecular flexibility index (Phi) is 3.33. The summed E-state index contributed by atoms with van der Waals surface area (Å²) < 4.78 is 7.47. The molecule has 2 aromatic rings. The van der Waals surface area contributed by atoms with Crippen LogP contribution in [0, 0.1) is 5.92 Å². The van der Waals surface area contributed by atoms with Gasteiger partial charge < -0.3 is 14.6 Å². The third-order valence-corrected chi connectivity index (χ3v) is 4.11. The fourth-order valence-corrected chi connectivity index (χ4v) is 2.42. The summed E-state index contributed by atoms with van der Waals surface area (Å²) in [5.41, 5.74) is 0.788. The van der Waals surface area contributed by atoms with Crippen molar-refractivity contribution in [3.05, 3.63) is 47.0 Å². The summed E-state index contributed by atoms with van der Waals surface area (Å²) in [4.78, 5) is 16.5. The highest BCUT2D eigenvalue weighted by Crippen LogP contribution is 2.33. The molecule has 2 fully saturated rings. The first-order valence-electron chi connectivity index (χ1n) is 7.86. The fourth-order valence-electron chi connectivity index (χ4n) is 2.42. The van der Waals surface area contributed by atoms with Crippen LogP contribution in [0.2, 0.25) is 0 Å². The molecule has 1 heterocycles. The van der Waals surface area contributed by atoms with Crippen molar-refractivity contribution in [1.29, 1.82) is 0 Å². The Morgan fingerprint density at radius 3 is 2.64 bits per heavy atom. The van der Waals surface area contributed by atoms with Gasteiger partial charge in [0.05, 0.1) is 6.61 Å². The first-order valence-corrected chi connectivity index (χ1v) is 7.86. The van der Waals surface area contributed by atoms with Crippen LogP contribution in [0.15, 0.2) is 41.5 Å². The SMILES string of the molecule is O=c1c(Nc2ccc(OCC3CC3)cc2)nccn1C1CC1. The average molecular weight is 297 g/mol. The molecule has 0 aliphatic heterocycles. The van der Waals surface area contributed by atoms with E-state index >= 15 is 0 Å². The molecule has 0 amide bonds. The highest BCUT2D eigenvalue weighted by molar-refractivity contribution is 5.56. The molecule has 4 rings (SSSR count). The maximum atomic E-state index is 12.3. The van der Waals surface area contributed by atoms with E-state index in [2.05, 4.69) is 10.3 Å². The van der Waals surface area contributed by atoms with Gasteiger partial charge in [0.2, 0.25) is 0 Å².